The van der Waals surface area contributed by atoms with E-state index in [0.717, 1.165) is 6.42 Å². The summed E-state index contributed by atoms with van der Waals surface area (Å²) in [6, 6.07) is 8.68. The number of benzene rings is 1. The zero-order chi connectivity index (χ0) is 11.0. The van der Waals surface area contributed by atoms with Crippen molar-refractivity contribution in [2.24, 2.45) is 0 Å². The summed E-state index contributed by atoms with van der Waals surface area (Å²) in [6.07, 6.45) is 5.52. The quantitative estimate of drug-likeness (QED) is 0.599. The Bertz CT molecular complexity index is 567. The Labute approximate surface area is 95.4 Å². The van der Waals surface area contributed by atoms with Gasteiger partial charge in [-0.1, -0.05) is 30.3 Å². The second kappa shape index (κ2) is 2.33. The number of epoxide rings is 1. The van der Waals surface area contributed by atoms with Crippen molar-refractivity contribution in [1.29, 1.82) is 0 Å². The van der Waals surface area contributed by atoms with Gasteiger partial charge in [-0.15, -0.1) is 0 Å². The third kappa shape index (κ3) is 0.791. The summed E-state index contributed by atoms with van der Waals surface area (Å²) in [4.78, 5) is 0. The van der Waals surface area contributed by atoms with Gasteiger partial charge < -0.3 is 4.74 Å². The number of fused-ring (bicyclic) bond motifs is 4. The summed E-state index contributed by atoms with van der Waals surface area (Å²) in [5.41, 5.74) is 5.61. The van der Waals surface area contributed by atoms with Gasteiger partial charge in [-0.25, -0.2) is 0 Å². The minimum absolute atomic E-state index is 0.0455. The Morgan fingerprint density at radius 2 is 2.00 bits per heavy atom. The minimum atomic E-state index is -0.0477. The lowest BCUT2D eigenvalue weighted by Crippen LogP contribution is -2.23. The van der Waals surface area contributed by atoms with Crippen LogP contribution < -0.4 is 0 Å². The second-order valence-electron chi connectivity index (χ2n) is 5.30. The molecule has 2 atom stereocenters. The van der Waals surface area contributed by atoms with E-state index in [1.165, 1.54) is 22.3 Å². The zero-order valence-corrected chi connectivity index (χ0v) is 9.58. The predicted molar refractivity (Wildman–Crippen MR) is 64.1 cm³/mol. The van der Waals surface area contributed by atoms with E-state index in [1.54, 1.807) is 0 Å². The molecule has 2 aliphatic carbocycles. The van der Waals surface area contributed by atoms with Crippen LogP contribution in [0.4, 0.5) is 0 Å². The van der Waals surface area contributed by atoms with E-state index in [0.29, 0.717) is 0 Å². The zero-order valence-electron chi connectivity index (χ0n) is 9.58. The molecule has 1 heterocycles. The Hall–Kier alpha value is -1.34. The third-order valence-corrected chi connectivity index (χ3v) is 4.47. The molecular weight excluding hydrogens is 196 g/mol. The highest BCUT2D eigenvalue weighted by Crippen LogP contribution is 2.60. The number of rotatable bonds is 0. The molecule has 4 rings (SSSR count). The maximum absolute atomic E-state index is 5.95. The highest BCUT2D eigenvalue weighted by atomic mass is 16.6. The molecule has 2 unspecified atom stereocenters. The molecule has 0 spiro atoms. The van der Waals surface area contributed by atoms with E-state index < -0.39 is 0 Å². The van der Waals surface area contributed by atoms with E-state index in [9.17, 15) is 0 Å². The first-order valence-corrected chi connectivity index (χ1v) is 5.85. The average molecular weight is 210 g/mol. The fourth-order valence-electron chi connectivity index (χ4n) is 3.20. The molecular formula is C15H14O. The number of hydrogen-bond donors (Lipinski definition) is 0. The van der Waals surface area contributed by atoms with Crippen molar-refractivity contribution in [3.05, 3.63) is 53.1 Å². The first kappa shape index (κ1) is 8.77. The minimum Gasteiger partial charge on any atom is -0.354 e. The molecule has 16 heavy (non-hydrogen) atoms. The first-order chi connectivity index (χ1) is 7.64. The van der Waals surface area contributed by atoms with Gasteiger partial charge in [0.1, 0.15) is 11.2 Å². The molecule has 1 aromatic rings. The Kier molecular flexibility index (Phi) is 1.28. The van der Waals surface area contributed by atoms with Crippen LogP contribution in [-0.2, 0) is 11.2 Å². The fourth-order valence-corrected chi connectivity index (χ4v) is 3.20. The van der Waals surface area contributed by atoms with Crippen LogP contribution in [0.3, 0.4) is 0 Å². The topological polar surface area (TPSA) is 12.5 Å². The molecule has 1 saturated heterocycles. The maximum Gasteiger partial charge on any atom is 0.121 e. The summed E-state index contributed by atoms with van der Waals surface area (Å²) < 4.78 is 5.95. The molecule has 1 fully saturated rings. The molecule has 0 aromatic heterocycles. The number of allylic oxidation sites excluding steroid dienone is 2. The molecule has 0 bridgehead atoms. The van der Waals surface area contributed by atoms with Crippen LogP contribution in [0.15, 0.2) is 42.0 Å². The lowest BCUT2D eigenvalue weighted by molar-refractivity contribution is 0.316. The summed E-state index contributed by atoms with van der Waals surface area (Å²) in [7, 11) is 0. The van der Waals surface area contributed by atoms with E-state index in [2.05, 4.69) is 50.3 Å². The molecule has 0 saturated carbocycles. The molecule has 1 nitrogen and oxygen atoms in total. The van der Waals surface area contributed by atoms with Crippen molar-refractivity contribution in [2.45, 2.75) is 31.5 Å². The van der Waals surface area contributed by atoms with Crippen molar-refractivity contribution in [3.63, 3.8) is 0 Å². The highest BCUT2D eigenvalue weighted by Gasteiger charge is 2.66. The van der Waals surface area contributed by atoms with Gasteiger partial charge in [0.2, 0.25) is 0 Å². The Balaban J connectivity index is 1.94. The summed E-state index contributed by atoms with van der Waals surface area (Å²) >= 11 is 0. The maximum atomic E-state index is 5.95. The molecule has 80 valence electrons. The van der Waals surface area contributed by atoms with E-state index >= 15 is 0 Å². The van der Waals surface area contributed by atoms with Gasteiger partial charge in [0.05, 0.1) is 0 Å². The summed E-state index contributed by atoms with van der Waals surface area (Å²) in [6.45, 7) is 4.40. The molecule has 1 aliphatic heterocycles. The van der Waals surface area contributed by atoms with E-state index in [-0.39, 0.29) is 11.2 Å². The summed E-state index contributed by atoms with van der Waals surface area (Å²) in [5, 5.41) is 0. The Morgan fingerprint density at radius 1 is 1.19 bits per heavy atom. The molecule has 3 aliphatic rings. The molecule has 0 radical (unpaired) electrons. The standard InChI is InChI=1S/C15H14O/c1-14-8-7-12-11-6-4-3-5-10(11)9-13(12)15(14,2)16-14/h3-8H,9H2,1-2H3. The van der Waals surface area contributed by atoms with Crippen LogP contribution in [0, 0.1) is 0 Å². The lowest BCUT2D eigenvalue weighted by atomic mass is 9.82. The van der Waals surface area contributed by atoms with Gasteiger partial charge >= 0.3 is 0 Å². The first-order valence-electron chi connectivity index (χ1n) is 5.85. The molecule has 1 heteroatoms. The van der Waals surface area contributed by atoms with Crippen LogP contribution in [0.25, 0.3) is 5.57 Å². The predicted octanol–water partition coefficient (Wildman–Crippen LogP) is 3.11. The van der Waals surface area contributed by atoms with E-state index in [4.69, 9.17) is 4.74 Å². The number of hydrogen-bond acceptors (Lipinski definition) is 1. The van der Waals surface area contributed by atoms with Gasteiger partial charge in [0.15, 0.2) is 0 Å². The third-order valence-electron chi connectivity index (χ3n) is 4.47. The Morgan fingerprint density at radius 3 is 2.88 bits per heavy atom. The number of ether oxygens (including phenoxy) is 1. The highest BCUT2D eigenvalue weighted by molar-refractivity contribution is 5.87. The smallest absolute Gasteiger partial charge is 0.121 e. The largest absolute Gasteiger partial charge is 0.354 e. The molecule has 1 aromatic carbocycles. The van der Waals surface area contributed by atoms with Crippen LogP contribution in [0.2, 0.25) is 0 Å². The normalized spacial score (nSPS) is 38.1. The van der Waals surface area contributed by atoms with Gasteiger partial charge in [-0.2, -0.15) is 0 Å². The van der Waals surface area contributed by atoms with Gasteiger partial charge in [-0.3, -0.25) is 0 Å². The van der Waals surface area contributed by atoms with Crippen LogP contribution in [-0.4, -0.2) is 11.2 Å². The summed E-state index contributed by atoms with van der Waals surface area (Å²) in [5.74, 6) is 0. The SMILES string of the molecule is CC12C=CC3=C(Cc4ccccc43)C1(C)O2. The van der Waals surface area contributed by atoms with Crippen molar-refractivity contribution < 1.29 is 4.74 Å². The van der Waals surface area contributed by atoms with Crippen molar-refractivity contribution >= 4 is 5.57 Å². The van der Waals surface area contributed by atoms with Crippen LogP contribution >= 0.6 is 0 Å². The van der Waals surface area contributed by atoms with Crippen LogP contribution in [0.5, 0.6) is 0 Å². The van der Waals surface area contributed by atoms with Gasteiger partial charge in [-0.05, 0) is 48.6 Å². The van der Waals surface area contributed by atoms with Crippen molar-refractivity contribution in [1.82, 2.24) is 0 Å². The molecule has 0 N–H and O–H groups in total. The van der Waals surface area contributed by atoms with Crippen molar-refractivity contribution in [2.75, 3.05) is 0 Å². The van der Waals surface area contributed by atoms with Crippen LogP contribution in [0.1, 0.15) is 25.0 Å². The second-order valence-corrected chi connectivity index (χ2v) is 5.30. The average Bonchev–Trinajstić information content (AvgIpc) is 2.70. The fraction of sp³-hybridized carbons (Fsp3) is 0.333. The van der Waals surface area contributed by atoms with Gasteiger partial charge in [0, 0.05) is 0 Å². The van der Waals surface area contributed by atoms with Crippen molar-refractivity contribution in [3.8, 4) is 0 Å². The van der Waals surface area contributed by atoms with Gasteiger partial charge in [0.25, 0.3) is 0 Å². The lowest BCUT2D eigenvalue weighted by Gasteiger charge is -2.17. The monoisotopic (exact) mass is 210 g/mol. The van der Waals surface area contributed by atoms with E-state index in [1.807, 2.05) is 0 Å². The molecule has 0 amide bonds.